The zero-order chi connectivity index (χ0) is 22.4. The summed E-state index contributed by atoms with van der Waals surface area (Å²) in [6.45, 7) is 0. The number of alkyl halides is 12. The van der Waals surface area contributed by atoms with Crippen LogP contribution in [0.1, 0.15) is 33.4 Å². The zero-order valence-corrected chi connectivity index (χ0v) is 32.7. The highest BCUT2D eigenvalue weighted by Gasteiger charge is 2.29. The fourth-order valence-electron chi connectivity index (χ4n) is 2.48. The highest BCUT2D eigenvalue weighted by molar-refractivity contribution is 9.39. The minimum Gasteiger partial charge on any atom is -0.0546 e. The van der Waals surface area contributed by atoms with Crippen molar-refractivity contribution in [3.8, 4) is 0 Å². The summed E-state index contributed by atoms with van der Waals surface area (Å²) in [6.07, 6.45) is 0.736. The van der Waals surface area contributed by atoms with Crippen molar-refractivity contribution in [1.82, 2.24) is 0 Å². The molecule has 0 atom stereocenters. The van der Waals surface area contributed by atoms with Gasteiger partial charge in [0.2, 0.25) is 0 Å². The first-order valence-corrected chi connectivity index (χ1v) is 17.0. The number of hydrogen-bond acceptors (Lipinski definition) is 0. The van der Waals surface area contributed by atoms with Gasteiger partial charge in [-0.2, -0.15) is 0 Å². The molecule has 0 spiro atoms. The predicted octanol–water partition coefficient (Wildman–Crippen LogP) is 12.5. The van der Waals surface area contributed by atoms with Crippen molar-refractivity contribution in [2.75, 3.05) is 0 Å². The molecule has 0 aliphatic carbocycles. The summed E-state index contributed by atoms with van der Waals surface area (Å²) in [5, 5.41) is 0. The normalized spacial score (nSPS) is 13.7. The standard InChI is InChI=1S/C17H8Br12/c18-14(19,20)10-2-8(3-11(6-10)15(21,22)23)1-9-4-12(16(24,25)26)7-13(5-9)17(27,28)29/h2-7H,1H2. The van der Waals surface area contributed by atoms with Gasteiger partial charge in [-0.05, 0) is 51.9 Å². The third kappa shape index (κ3) is 9.30. The van der Waals surface area contributed by atoms with Gasteiger partial charge in [0.05, 0.1) is 0 Å². The molecule has 0 radical (unpaired) electrons. The van der Waals surface area contributed by atoms with Gasteiger partial charge in [-0.15, -0.1) is 0 Å². The smallest absolute Gasteiger partial charge is 0.0546 e. The lowest BCUT2D eigenvalue weighted by Crippen LogP contribution is -2.08. The van der Waals surface area contributed by atoms with Crippen LogP contribution < -0.4 is 0 Å². The average Bonchev–Trinajstić information content (AvgIpc) is 2.51. The van der Waals surface area contributed by atoms with Crippen LogP contribution in [0.25, 0.3) is 0 Å². The van der Waals surface area contributed by atoms with Gasteiger partial charge < -0.3 is 0 Å². The quantitative estimate of drug-likeness (QED) is 0.263. The first-order chi connectivity index (χ1) is 12.9. The van der Waals surface area contributed by atoms with E-state index in [0.717, 1.165) is 39.8 Å². The zero-order valence-electron chi connectivity index (χ0n) is 13.7. The molecule has 29 heavy (non-hydrogen) atoms. The van der Waals surface area contributed by atoms with E-state index < -0.39 is 8.57 Å². The fourth-order valence-corrected chi connectivity index (χ4v) is 5.23. The van der Waals surface area contributed by atoms with Crippen molar-refractivity contribution in [1.29, 1.82) is 0 Å². The lowest BCUT2D eigenvalue weighted by Gasteiger charge is -2.22. The Morgan fingerprint density at radius 2 is 0.586 bits per heavy atom. The van der Waals surface area contributed by atoms with Gasteiger partial charge in [-0.25, -0.2) is 0 Å². The van der Waals surface area contributed by atoms with Crippen LogP contribution in [0.5, 0.6) is 0 Å². The van der Waals surface area contributed by atoms with Crippen LogP contribution in [-0.4, -0.2) is 0 Å². The molecule has 0 unspecified atom stereocenters. The molecule has 160 valence electrons. The molecule has 2 aromatic carbocycles. The summed E-state index contributed by atoms with van der Waals surface area (Å²) < 4.78 is -2.07. The maximum Gasteiger partial charge on any atom is 0.159 e. The Bertz CT molecular complexity index is 743. The molecule has 0 heterocycles. The average molecular weight is 1170 g/mol. The molecule has 0 bridgehead atoms. The maximum atomic E-state index is 3.63. The number of hydrogen-bond donors (Lipinski definition) is 0. The second kappa shape index (κ2) is 11.1. The highest BCUT2D eigenvalue weighted by atomic mass is 80.0. The molecule has 0 amide bonds. The lowest BCUT2D eigenvalue weighted by atomic mass is 9.98. The van der Waals surface area contributed by atoms with E-state index in [2.05, 4.69) is 228 Å². The summed E-state index contributed by atoms with van der Waals surface area (Å²) in [4.78, 5) is 0. The van der Waals surface area contributed by atoms with Crippen LogP contribution in [0.2, 0.25) is 0 Å². The van der Waals surface area contributed by atoms with Crippen LogP contribution in [0.15, 0.2) is 36.4 Å². The maximum absolute atomic E-state index is 3.63. The monoisotopic (exact) mass is 1160 g/mol. The van der Waals surface area contributed by atoms with Gasteiger partial charge in [-0.1, -0.05) is 215 Å². The van der Waals surface area contributed by atoms with Crippen LogP contribution in [0.4, 0.5) is 0 Å². The fraction of sp³-hybridized carbons (Fsp3) is 0.294. The summed E-state index contributed by atoms with van der Waals surface area (Å²) in [5.74, 6) is 0. The SMILES string of the molecule is BrC(Br)(Br)c1cc(Cc2cc(C(Br)(Br)Br)cc(C(Br)(Br)Br)c2)cc(C(Br)(Br)Br)c1. The Kier molecular flexibility index (Phi) is 11.2. The van der Waals surface area contributed by atoms with Crippen molar-refractivity contribution in [2.45, 2.75) is 15.0 Å². The summed E-state index contributed by atoms with van der Waals surface area (Å²) >= 11 is 43.6. The number of rotatable bonds is 2. The van der Waals surface area contributed by atoms with Gasteiger partial charge in [0.15, 0.2) is 8.57 Å². The second-order valence-corrected chi connectivity index (χ2v) is 33.0. The molecule has 0 nitrogen and oxygen atoms in total. The van der Waals surface area contributed by atoms with Crippen LogP contribution >= 0.6 is 191 Å². The van der Waals surface area contributed by atoms with Crippen molar-refractivity contribution >= 4 is 191 Å². The predicted molar refractivity (Wildman–Crippen MR) is 170 cm³/mol. The van der Waals surface area contributed by atoms with Crippen LogP contribution in [0.3, 0.4) is 0 Å². The molecule has 0 saturated carbocycles. The Balaban J connectivity index is 2.61. The third-order valence-corrected chi connectivity index (χ3v) is 9.20. The van der Waals surface area contributed by atoms with Gasteiger partial charge in [0.25, 0.3) is 0 Å². The van der Waals surface area contributed by atoms with Gasteiger partial charge >= 0.3 is 0 Å². The highest BCUT2D eigenvalue weighted by Crippen LogP contribution is 2.51. The van der Waals surface area contributed by atoms with Gasteiger partial charge in [0, 0.05) is 0 Å². The van der Waals surface area contributed by atoms with E-state index in [-0.39, 0.29) is 0 Å². The van der Waals surface area contributed by atoms with Gasteiger partial charge in [0.1, 0.15) is 0 Å². The molecule has 0 N–H and O–H groups in total. The lowest BCUT2D eigenvalue weighted by molar-refractivity contribution is 1.12. The van der Waals surface area contributed by atoms with E-state index >= 15 is 0 Å². The molecule has 0 fully saturated rings. The largest absolute Gasteiger partial charge is 0.159 e. The van der Waals surface area contributed by atoms with Crippen molar-refractivity contribution < 1.29 is 0 Å². The van der Waals surface area contributed by atoms with Crippen molar-refractivity contribution in [2.24, 2.45) is 0 Å². The number of halogens is 12. The summed E-state index contributed by atoms with van der Waals surface area (Å²) in [7, 11) is 0. The minimum atomic E-state index is -0.517. The van der Waals surface area contributed by atoms with Crippen molar-refractivity contribution in [3.63, 3.8) is 0 Å². The van der Waals surface area contributed by atoms with E-state index in [1.165, 1.54) is 0 Å². The van der Waals surface area contributed by atoms with E-state index in [0.29, 0.717) is 0 Å². The second-order valence-electron chi connectivity index (χ2n) is 6.01. The molecular formula is C17H8Br12. The van der Waals surface area contributed by atoms with Gasteiger partial charge in [-0.3, -0.25) is 0 Å². The Labute approximate surface area is 271 Å². The van der Waals surface area contributed by atoms with Crippen LogP contribution in [0, 0.1) is 0 Å². The molecule has 2 rings (SSSR count). The summed E-state index contributed by atoms with van der Waals surface area (Å²) in [5.41, 5.74) is 6.46. The Morgan fingerprint density at radius 3 is 0.759 bits per heavy atom. The molecular weight excluding hydrogens is 1160 g/mol. The first kappa shape index (κ1) is 29.4. The minimum absolute atomic E-state index is 0.517. The molecule has 0 aliphatic heterocycles. The Morgan fingerprint density at radius 1 is 0.379 bits per heavy atom. The molecule has 12 heteroatoms. The topological polar surface area (TPSA) is 0 Å². The molecule has 0 aliphatic rings. The molecule has 0 aromatic heterocycles. The Hall–Kier alpha value is 4.20. The van der Waals surface area contributed by atoms with E-state index in [9.17, 15) is 0 Å². The third-order valence-electron chi connectivity index (χ3n) is 3.70. The molecule has 2 aromatic rings. The summed E-state index contributed by atoms with van der Waals surface area (Å²) in [6, 6.07) is 12.8. The van der Waals surface area contributed by atoms with E-state index in [1.54, 1.807) is 0 Å². The number of benzene rings is 2. The van der Waals surface area contributed by atoms with Crippen molar-refractivity contribution in [3.05, 3.63) is 69.8 Å². The first-order valence-electron chi connectivity index (χ1n) is 7.44. The molecule has 0 saturated heterocycles. The van der Waals surface area contributed by atoms with E-state index in [4.69, 9.17) is 0 Å². The van der Waals surface area contributed by atoms with E-state index in [1.807, 2.05) is 0 Å². The van der Waals surface area contributed by atoms with Crippen LogP contribution in [-0.2, 0) is 15.0 Å².